The summed E-state index contributed by atoms with van der Waals surface area (Å²) >= 11 is 0. The molecule has 102 valence electrons. The van der Waals surface area contributed by atoms with Crippen molar-refractivity contribution in [3.05, 3.63) is 59.5 Å². The first kappa shape index (κ1) is 14.0. The first-order valence-electron chi connectivity index (χ1n) is 6.17. The Labute approximate surface area is 116 Å². The Bertz CT molecular complexity index is 622. The molecule has 0 saturated heterocycles. The van der Waals surface area contributed by atoms with Gasteiger partial charge in [0.05, 0.1) is 17.7 Å². The number of hydrogen-bond donors (Lipinski definition) is 2. The van der Waals surface area contributed by atoms with Crippen molar-refractivity contribution < 1.29 is 9.50 Å². The highest BCUT2D eigenvalue weighted by molar-refractivity contribution is 5.52. The van der Waals surface area contributed by atoms with E-state index in [2.05, 4.69) is 10.3 Å². The maximum Gasteiger partial charge on any atom is 0.144 e. The number of hydrogen-bond acceptors (Lipinski definition) is 4. The molecule has 0 bridgehead atoms. The third kappa shape index (κ3) is 3.11. The van der Waals surface area contributed by atoms with Crippen molar-refractivity contribution in [2.24, 2.45) is 0 Å². The molecule has 2 rings (SSSR count). The fraction of sp³-hybridized carbons (Fsp3) is 0.200. The molecular weight excluding hydrogens is 257 g/mol. The molecule has 1 aromatic carbocycles. The number of nitriles is 1. The number of aliphatic hydroxyl groups is 1. The van der Waals surface area contributed by atoms with E-state index in [9.17, 15) is 9.50 Å². The second-order valence-electron chi connectivity index (χ2n) is 4.44. The molecule has 0 fully saturated rings. The van der Waals surface area contributed by atoms with Crippen LogP contribution in [0.25, 0.3) is 0 Å². The Kier molecular flexibility index (Phi) is 4.28. The lowest BCUT2D eigenvalue weighted by atomic mass is 10.0. The van der Waals surface area contributed by atoms with E-state index in [1.54, 1.807) is 25.3 Å². The minimum Gasteiger partial charge on any atom is -0.386 e. The van der Waals surface area contributed by atoms with Crippen molar-refractivity contribution in [1.29, 1.82) is 5.26 Å². The third-order valence-electron chi connectivity index (χ3n) is 2.98. The van der Waals surface area contributed by atoms with Gasteiger partial charge >= 0.3 is 0 Å². The zero-order valence-corrected chi connectivity index (χ0v) is 10.9. The molecule has 0 aliphatic carbocycles. The summed E-state index contributed by atoms with van der Waals surface area (Å²) in [5.41, 5.74) is 1.01. The molecule has 20 heavy (non-hydrogen) atoms. The van der Waals surface area contributed by atoms with Gasteiger partial charge < -0.3 is 10.4 Å². The van der Waals surface area contributed by atoms with Gasteiger partial charge in [0.2, 0.25) is 0 Å². The van der Waals surface area contributed by atoms with Crippen LogP contribution in [0.3, 0.4) is 0 Å². The van der Waals surface area contributed by atoms with Crippen LogP contribution in [0.5, 0.6) is 0 Å². The van der Waals surface area contributed by atoms with Crippen molar-refractivity contribution >= 4 is 5.82 Å². The Morgan fingerprint density at radius 1 is 1.30 bits per heavy atom. The van der Waals surface area contributed by atoms with E-state index in [1.807, 2.05) is 6.07 Å². The first-order valence-corrected chi connectivity index (χ1v) is 6.17. The minimum absolute atomic E-state index is 0.349. The molecule has 1 aromatic heterocycles. The summed E-state index contributed by atoms with van der Waals surface area (Å²) in [6.45, 7) is 1.77. The molecule has 0 radical (unpaired) electrons. The molecule has 0 unspecified atom stereocenters. The molecule has 0 spiro atoms. The van der Waals surface area contributed by atoms with E-state index < -0.39 is 6.10 Å². The van der Waals surface area contributed by atoms with Crippen molar-refractivity contribution in [1.82, 2.24) is 4.98 Å². The lowest BCUT2D eigenvalue weighted by molar-refractivity contribution is 0.160. The van der Waals surface area contributed by atoms with Crippen LogP contribution in [0.2, 0.25) is 0 Å². The van der Waals surface area contributed by atoms with Gasteiger partial charge in [-0.2, -0.15) is 5.26 Å². The van der Waals surface area contributed by atoms with Crippen LogP contribution in [0.1, 0.15) is 24.2 Å². The van der Waals surface area contributed by atoms with Gasteiger partial charge in [0.15, 0.2) is 0 Å². The summed E-state index contributed by atoms with van der Waals surface area (Å²) in [5, 5.41) is 22.2. The fourth-order valence-electron chi connectivity index (χ4n) is 1.85. The molecule has 5 heteroatoms. The number of rotatable bonds is 4. The zero-order valence-electron chi connectivity index (χ0n) is 10.9. The molecule has 2 atom stereocenters. The summed E-state index contributed by atoms with van der Waals surface area (Å²) in [5.74, 6) is 0.0710. The third-order valence-corrected chi connectivity index (χ3v) is 2.98. The van der Waals surface area contributed by atoms with Crippen LogP contribution < -0.4 is 5.32 Å². The maximum absolute atomic E-state index is 12.9. The van der Waals surface area contributed by atoms with Crippen molar-refractivity contribution in [3.8, 4) is 6.07 Å². The largest absolute Gasteiger partial charge is 0.386 e. The Hall–Kier alpha value is -2.45. The van der Waals surface area contributed by atoms with Gasteiger partial charge in [-0.05, 0) is 36.8 Å². The Morgan fingerprint density at radius 3 is 2.65 bits per heavy atom. The van der Waals surface area contributed by atoms with E-state index in [-0.39, 0.29) is 11.9 Å². The van der Waals surface area contributed by atoms with E-state index in [1.165, 1.54) is 24.3 Å². The summed E-state index contributed by atoms with van der Waals surface area (Å²) in [6, 6.07) is 10.6. The summed E-state index contributed by atoms with van der Waals surface area (Å²) < 4.78 is 12.9. The van der Waals surface area contributed by atoms with Crippen molar-refractivity contribution in [2.75, 3.05) is 5.32 Å². The number of aromatic nitrogens is 1. The quantitative estimate of drug-likeness (QED) is 0.897. The van der Waals surface area contributed by atoms with E-state index in [4.69, 9.17) is 5.26 Å². The lowest BCUT2D eigenvalue weighted by Gasteiger charge is -2.21. The van der Waals surface area contributed by atoms with Crippen LogP contribution in [-0.4, -0.2) is 16.1 Å². The molecule has 0 amide bonds. The second-order valence-corrected chi connectivity index (χ2v) is 4.44. The first-order chi connectivity index (χ1) is 9.61. The molecule has 0 saturated carbocycles. The second kappa shape index (κ2) is 6.13. The summed E-state index contributed by atoms with van der Waals surface area (Å²) in [6.07, 6.45) is 0.740. The molecule has 4 nitrogen and oxygen atoms in total. The number of anilines is 1. The number of benzene rings is 1. The van der Waals surface area contributed by atoms with Gasteiger partial charge in [-0.15, -0.1) is 0 Å². The van der Waals surface area contributed by atoms with Crippen LogP contribution in [-0.2, 0) is 0 Å². The Morgan fingerprint density at radius 2 is 2.00 bits per heavy atom. The van der Waals surface area contributed by atoms with Gasteiger partial charge in [0.1, 0.15) is 17.7 Å². The highest BCUT2D eigenvalue weighted by Gasteiger charge is 2.17. The predicted molar refractivity (Wildman–Crippen MR) is 73.4 cm³/mol. The number of aliphatic hydroxyl groups excluding tert-OH is 1. The SMILES string of the molecule is C[C@@H](Nc1ncccc1C#N)[C@H](O)c1ccc(F)cc1. The lowest BCUT2D eigenvalue weighted by Crippen LogP contribution is -2.25. The van der Waals surface area contributed by atoms with E-state index >= 15 is 0 Å². The molecule has 1 heterocycles. The summed E-state index contributed by atoms with van der Waals surface area (Å²) in [7, 11) is 0. The van der Waals surface area contributed by atoms with Gasteiger partial charge in [-0.1, -0.05) is 12.1 Å². The molecular formula is C15H14FN3O. The molecule has 2 N–H and O–H groups in total. The number of nitrogens with zero attached hydrogens (tertiary/aromatic N) is 2. The predicted octanol–water partition coefficient (Wildman–Crippen LogP) is 2.63. The van der Waals surface area contributed by atoms with Crippen LogP contribution in [0.4, 0.5) is 10.2 Å². The molecule has 0 aliphatic heterocycles. The number of halogens is 1. The van der Waals surface area contributed by atoms with Crippen molar-refractivity contribution in [3.63, 3.8) is 0 Å². The zero-order chi connectivity index (χ0) is 14.5. The topological polar surface area (TPSA) is 68.9 Å². The van der Waals surface area contributed by atoms with E-state index in [0.29, 0.717) is 16.9 Å². The van der Waals surface area contributed by atoms with Gasteiger partial charge in [-0.3, -0.25) is 0 Å². The van der Waals surface area contributed by atoms with Crippen molar-refractivity contribution in [2.45, 2.75) is 19.1 Å². The monoisotopic (exact) mass is 271 g/mol. The summed E-state index contributed by atoms with van der Waals surface area (Å²) in [4.78, 5) is 4.07. The highest BCUT2D eigenvalue weighted by Crippen LogP contribution is 2.21. The fourth-order valence-corrected chi connectivity index (χ4v) is 1.85. The van der Waals surface area contributed by atoms with Gasteiger partial charge in [0.25, 0.3) is 0 Å². The molecule has 0 aliphatic rings. The number of nitrogens with one attached hydrogen (secondary N) is 1. The Balaban J connectivity index is 2.13. The minimum atomic E-state index is -0.829. The standard InChI is InChI=1S/C15H14FN3O/c1-10(14(20)11-4-6-13(16)7-5-11)19-15-12(9-17)3-2-8-18-15/h2-8,10,14,20H,1H3,(H,18,19)/t10-,14+/m1/s1. The molecule has 2 aromatic rings. The van der Waals surface area contributed by atoms with E-state index in [0.717, 1.165) is 0 Å². The highest BCUT2D eigenvalue weighted by atomic mass is 19.1. The number of pyridine rings is 1. The average Bonchev–Trinajstić information content (AvgIpc) is 2.48. The maximum atomic E-state index is 12.9. The normalized spacial score (nSPS) is 13.3. The van der Waals surface area contributed by atoms with Gasteiger partial charge in [-0.25, -0.2) is 9.37 Å². The smallest absolute Gasteiger partial charge is 0.144 e. The average molecular weight is 271 g/mol. The van der Waals surface area contributed by atoms with Gasteiger partial charge in [0, 0.05) is 6.20 Å². The van der Waals surface area contributed by atoms with Crippen LogP contribution in [0, 0.1) is 17.1 Å². The van der Waals surface area contributed by atoms with Crippen LogP contribution in [0.15, 0.2) is 42.6 Å². The van der Waals surface area contributed by atoms with Crippen LogP contribution >= 0.6 is 0 Å².